The second kappa shape index (κ2) is 5.39. The largest absolute Gasteiger partial charge is 0.361 e. The number of para-hydroxylation sites is 1. The van der Waals surface area contributed by atoms with Crippen molar-refractivity contribution in [2.24, 2.45) is 0 Å². The fourth-order valence-electron chi connectivity index (χ4n) is 3.15. The van der Waals surface area contributed by atoms with Crippen molar-refractivity contribution in [3.8, 4) is 0 Å². The van der Waals surface area contributed by atoms with Crippen molar-refractivity contribution in [2.75, 3.05) is 11.4 Å². The highest BCUT2D eigenvalue weighted by molar-refractivity contribution is 9.10. The molecule has 0 unspecified atom stereocenters. The Kier molecular flexibility index (Phi) is 3.34. The lowest BCUT2D eigenvalue weighted by Gasteiger charge is -2.13. The summed E-state index contributed by atoms with van der Waals surface area (Å²) in [7, 11) is 0. The molecule has 4 heteroatoms. The lowest BCUT2D eigenvalue weighted by atomic mass is 10.0. The minimum Gasteiger partial charge on any atom is -0.361 e. The fraction of sp³-hybridized carbons (Fsp3) is 0.105. The van der Waals surface area contributed by atoms with Crippen LogP contribution in [0.5, 0.6) is 0 Å². The first kappa shape index (κ1) is 14.3. The Labute approximate surface area is 142 Å². The molecule has 0 spiro atoms. The first-order chi connectivity index (χ1) is 11.2. The van der Waals surface area contributed by atoms with Gasteiger partial charge in [0.1, 0.15) is 0 Å². The molecule has 114 valence electrons. The van der Waals surface area contributed by atoms with Crippen LogP contribution in [0.1, 0.15) is 18.1 Å². The predicted molar refractivity (Wildman–Crippen MR) is 98.3 cm³/mol. The van der Waals surface area contributed by atoms with Gasteiger partial charge in [0, 0.05) is 44.8 Å². The molecular weight excluding hydrogens is 352 g/mol. The van der Waals surface area contributed by atoms with Crippen LogP contribution in [0.2, 0.25) is 0 Å². The third kappa shape index (κ3) is 2.21. The number of anilines is 1. The van der Waals surface area contributed by atoms with Crippen molar-refractivity contribution >= 4 is 50.1 Å². The molecule has 23 heavy (non-hydrogen) atoms. The van der Waals surface area contributed by atoms with Crippen LogP contribution in [0.4, 0.5) is 5.69 Å². The normalized spacial score (nSPS) is 15.7. The van der Waals surface area contributed by atoms with Crippen molar-refractivity contribution in [3.05, 3.63) is 64.3 Å². The number of fused-ring (bicyclic) bond motifs is 2. The summed E-state index contributed by atoms with van der Waals surface area (Å²) in [4.78, 5) is 17.8. The molecule has 0 saturated heterocycles. The highest BCUT2D eigenvalue weighted by atomic mass is 79.9. The standard InChI is InChI=1S/C19H15BrN2O/c1-2-22-18-6-4-3-5-14(18)16(19(22)23)9-12-11-21-17-8-7-13(20)10-15(12)17/h3-11,21H,2H2,1H3/b16-9+. The molecule has 1 aliphatic rings. The average molecular weight is 367 g/mol. The molecule has 0 radical (unpaired) electrons. The number of aromatic amines is 1. The maximum atomic E-state index is 12.8. The molecule has 1 amide bonds. The summed E-state index contributed by atoms with van der Waals surface area (Å²) >= 11 is 3.51. The number of hydrogen-bond donors (Lipinski definition) is 1. The number of likely N-dealkylation sites (N-methyl/N-ethyl adjacent to an activating group) is 1. The van der Waals surface area contributed by atoms with Crippen LogP contribution in [0, 0.1) is 0 Å². The number of hydrogen-bond acceptors (Lipinski definition) is 1. The minimum absolute atomic E-state index is 0.0676. The molecule has 1 aliphatic heterocycles. The number of H-pyrrole nitrogens is 1. The number of nitrogens with one attached hydrogen (secondary N) is 1. The highest BCUT2D eigenvalue weighted by Gasteiger charge is 2.30. The zero-order valence-corrected chi connectivity index (χ0v) is 14.2. The lowest BCUT2D eigenvalue weighted by molar-refractivity contribution is -0.112. The van der Waals surface area contributed by atoms with Gasteiger partial charge in [-0.2, -0.15) is 0 Å². The van der Waals surface area contributed by atoms with E-state index in [9.17, 15) is 4.79 Å². The van der Waals surface area contributed by atoms with Crippen molar-refractivity contribution in [1.82, 2.24) is 4.98 Å². The van der Waals surface area contributed by atoms with E-state index in [1.54, 1.807) is 0 Å². The molecule has 4 rings (SSSR count). The molecule has 1 aromatic heterocycles. The molecule has 3 nitrogen and oxygen atoms in total. The Hall–Kier alpha value is -2.33. The summed E-state index contributed by atoms with van der Waals surface area (Å²) in [6.07, 6.45) is 3.94. The SMILES string of the molecule is CCN1C(=O)/C(=C/c2c[nH]c3ccc(Br)cc23)c2ccccc21. The van der Waals surface area contributed by atoms with E-state index in [0.29, 0.717) is 6.54 Å². The third-order valence-electron chi connectivity index (χ3n) is 4.25. The Bertz CT molecular complexity index is 955. The molecule has 1 N–H and O–H groups in total. The Morgan fingerprint density at radius 1 is 1.22 bits per heavy atom. The monoisotopic (exact) mass is 366 g/mol. The van der Waals surface area contributed by atoms with Gasteiger partial charge in [-0.25, -0.2) is 0 Å². The van der Waals surface area contributed by atoms with E-state index in [-0.39, 0.29) is 5.91 Å². The summed E-state index contributed by atoms with van der Waals surface area (Å²) in [5.74, 6) is 0.0676. The summed E-state index contributed by atoms with van der Waals surface area (Å²) < 4.78 is 1.03. The second-order valence-electron chi connectivity index (χ2n) is 5.56. The van der Waals surface area contributed by atoms with Gasteiger partial charge >= 0.3 is 0 Å². The first-order valence-corrected chi connectivity index (χ1v) is 8.38. The van der Waals surface area contributed by atoms with Gasteiger partial charge in [-0.15, -0.1) is 0 Å². The molecule has 0 fully saturated rings. The van der Waals surface area contributed by atoms with E-state index in [1.807, 2.05) is 60.5 Å². The topological polar surface area (TPSA) is 36.1 Å². The number of amides is 1. The fourth-order valence-corrected chi connectivity index (χ4v) is 3.51. The summed E-state index contributed by atoms with van der Waals surface area (Å²) in [5, 5.41) is 1.10. The van der Waals surface area contributed by atoms with Crippen LogP contribution in [-0.2, 0) is 4.79 Å². The molecule has 0 bridgehead atoms. The van der Waals surface area contributed by atoms with E-state index in [0.717, 1.165) is 37.8 Å². The number of aromatic nitrogens is 1. The van der Waals surface area contributed by atoms with Gasteiger partial charge in [-0.1, -0.05) is 34.1 Å². The lowest BCUT2D eigenvalue weighted by Crippen LogP contribution is -2.25. The van der Waals surface area contributed by atoms with E-state index < -0.39 is 0 Å². The van der Waals surface area contributed by atoms with Crippen molar-refractivity contribution in [2.45, 2.75) is 6.92 Å². The zero-order chi connectivity index (χ0) is 16.0. The van der Waals surface area contributed by atoms with Gasteiger partial charge in [0.25, 0.3) is 5.91 Å². The maximum Gasteiger partial charge on any atom is 0.258 e. The second-order valence-corrected chi connectivity index (χ2v) is 6.47. The van der Waals surface area contributed by atoms with Crippen LogP contribution in [-0.4, -0.2) is 17.4 Å². The predicted octanol–water partition coefficient (Wildman–Crippen LogP) is 4.84. The summed E-state index contributed by atoms with van der Waals surface area (Å²) in [6, 6.07) is 14.1. The minimum atomic E-state index is 0.0676. The number of halogens is 1. The smallest absolute Gasteiger partial charge is 0.258 e. The molecule has 0 aliphatic carbocycles. The van der Waals surface area contributed by atoms with E-state index in [1.165, 1.54) is 0 Å². The van der Waals surface area contributed by atoms with E-state index >= 15 is 0 Å². The third-order valence-corrected chi connectivity index (χ3v) is 4.75. The number of carbonyl (C=O) groups is 1. The van der Waals surface area contributed by atoms with Gasteiger partial charge in [0.15, 0.2) is 0 Å². The maximum absolute atomic E-state index is 12.8. The van der Waals surface area contributed by atoms with Gasteiger partial charge in [0.2, 0.25) is 0 Å². The summed E-state index contributed by atoms with van der Waals surface area (Å²) in [6.45, 7) is 2.67. The molecule has 2 heterocycles. The number of rotatable bonds is 2. The zero-order valence-electron chi connectivity index (χ0n) is 12.6. The quantitative estimate of drug-likeness (QED) is 0.647. The van der Waals surface area contributed by atoms with Crippen LogP contribution in [0.15, 0.2) is 53.1 Å². The molecule has 0 atom stereocenters. The molecule has 3 aromatic rings. The summed E-state index contributed by atoms with van der Waals surface area (Å²) in [5.41, 5.74) is 4.84. The van der Waals surface area contributed by atoms with E-state index in [2.05, 4.69) is 27.0 Å². The van der Waals surface area contributed by atoms with Crippen LogP contribution in [0.25, 0.3) is 22.6 Å². The molecule has 0 saturated carbocycles. The van der Waals surface area contributed by atoms with Crippen LogP contribution >= 0.6 is 15.9 Å². The number of carbonyl (C=O) groups excluding carboxylic acids is 1. The van der Waals surface area contributed by atoms with Gasteiger partial charge < -0.3 is 9.88 Å². The van der Waals surface area contributed by atoms with Gasteiger partial charge in [-0.05, 0) is 37.3 Å². The van der Waals surface area contributed by atoms with Crippen LogP contribution < -0.4 is 4.90 Å². The average Bonchev–Trinajstić information content (AvgIpc) is 3.07. The number of benzene rings is 2. The van der Waals surface area contributed by atoms with Crippen molar-refractivity contribution in [1.29, 1.82) is 0 Å². The van der Waals surface area contributed by atoms with Gasteiger partial charge in [0.05, 0.1) is 5.69 Å². The van der Waals surface area contributed by atoms with Gasteiger partial charge in [-0.3, -0.25) is 4.79 Å². The van der Waals surface area contributed by atoms with Crippen LogP contribution in [0.3, 0.4) is 0 Å². The Morgan fingerprint density at radius 3 is 2.87 bits per heavy atom. The van der Waals surface area contributed by atoms with Crippen molar-refractivity contribution in [3.63, 3.8) is 0 Å². The molecular formula is C19H15BrN2O. The highest BCUT2D eigenvalue weighted by Crippen LogP contribution is 2.38. The number of nitrogens with zero attached hydrogens (tertiary/aromatic N) is 1. The van der Waals surface area contributed by atoms with E-state index in [4.69, 9.17) is 0 Å². The molecule has 2 aromatic carbocycles. The Balaban J connectivity index is 1.90. The Morgan fingerprint density at radius 2 is 2.04 bits per heavy atom. The van der Waals surface area contributed by atoms with Crippen molar-refractivity contribution < 1.29 is 4.79 Å². The first-order valence-electron chi connectivity index (χ1n) is 7.58.